The third-order valence-electron chi connectivity index (χ3n) is 4.78. The number of amides is 2. The van der Waals surface area contributed by atoms with Crippen molar-refractivity contribution < 1.29 is 14.3 Å². The molecule has 1 N–H and O–H groups in total. The van der Waals surface area contributed by atoms with Gasteiger partial charge in [0, 0.05) is 11.7 Å². The summed E-state index contributed by atoms with van der Waals surface area (Å²) < 4.78 is 5.69. The molecule has 0 aliphatic carbocycles. The van der Waals surface area contributed by atoms with Crippen molar-refractivity contribution in [2.75, 3.05) is 5.32 Å². The van der Waals surface area contributed by atoms with Crippen LogP contribution in [0.15, 0.2) is 54.2 Å². The van der Waals surface area contributed by atoms with E-state index in [2.05, 4.69) is 12.2 Å². The summed E-state index contributed by atoms with van der Waals surface area (Å²) in [4.78, 5) is 27.4. The van der Waals surface area contributed by atoms with E-state index in [1.54, 1.807) is 0 Å². The highest BCUT2D eigenvalue weighted by Gasteiger charge is 2.40. The van der Waals surface area contributed by atoms with Gasteiger partial charge >= 0.3 is 0 Å². The zero-order valence-electron chi connectivity index (χ0n) is 17.7. The van der Waals surface area contributed by atoms with Gasteiger partial charge in [0.25, 0.3) is 11.8 Å². The van der Waals surface area contributed by atoms with Crippen LogP contribution in [0, 0.1) is 0 Å². The zero-order valence-corrected chi connectivity index (χ0v) is 17.7. The van der Waals surface area contributed by atoms with Gasteiger partial charge in [0.15, 0.2) is 0 Å². The van der Waals surface area contributed by atoms with E-state index in [0.29, 0.717) is 16.8 Å². The monoisotopic (exact) mass is 392 g/mol. The predicted molar refractivity (Wildman–Crippen MR) is 116 cm³/mol. The first-order valence-electron chi connectivity index (χ1n) is 10.1. The number of anilines is 1. The number of hydrogen-bond donors (Lipinski definition) is 1. The molecule has 3 rings (SSSR count). The molecule has 152 valence electrons. The summed E-state index contributed by atoms with van der Waals surface area (Å²) in [6.45, 7) is 9.69. The molecule has 2 aromatic rings. The summed E-state index contributed by atoms with van der Waals surface area (Å²) in [5, 5.41) is 3.19. The molecule has 29 heavy (non-hydrogen) atoms. The van der Waals surface area contributed by atoms with E-state index >= 15 is 0 Å². The van der Waals surface area contributed by atoms with Gasteiger partial charge in [-0.15, -0.1) is 0 Å². The molecule has 0 aromatic heterocycles. The maximum absolute atomic E-state index is 13.1. The zero-order chi connectivity index (χ0) is 21.1. The van der Waals surface area contributed by atoms with Gasteiger partial charge in [-0.1, -0.05) is 31.2 Å². The van der Waals surface area contributed by atoms with Gasteiger partial charge in [0.05, 0.1) is 11.7 Å². The highest BCUT2D eigenvalue weighted by Crippen LogP contribution is 2.32. The average Bonchev–Trinajstić information content (AvgIpc) is 2.92. The molecule has 1 heterocycles. The summed E-state index contributed by atoms with van der Waals surface area (Å²) in [6, 6.07) is 15.0. The molecule has 0 saturated heterocycles. The van der Waals surface area contributed by atoms with Gasteiger partial charge < -0.3 is 10.1 Å². The van der Waals surface area contributed by atoms with Crippen LogP contribution in [0.2, 0.25) is 0 Å². The minimum Gasteiger partial charge on any atom is -0.491 e. The molecule has 5 nitrogen and oxygen atoms in total. The molecule has 0 bridgehead atoms. The van der Waals surface area contributed by atoms with Crippen molar-refractivity contribution in [2.45, 2.75) is 53.2 Å². The molecule has 0 unspecified atom stereocenters. The fraction of sp³-hybridized carbons (Fsp3) is 0.333. The van der Waals surface area contributed by atoms with Crippen molar-refractivity contribution in [2.24, 2.45) is 0 Å². The Morgan fingerprint density at radius 3 is 2.03 bits per heavy atom. The lowest BCUT2D eigenvalue weighted by molar-refractivity contribution is -0.138. The van der Waals surface area contributed by atoms with Crippen molar-refractivity contribution in [3.63, 3.8) is 0 Å². The van der Waals surface area contributed by atoms with E-state index < -0.39 is 0 Å². The van der Waals surface area contributed by atoms with Gasteiger partial charge in [-0.2, -0.15) is 0 Å². The largest absolute Gasteiger partial charge is 0.491 e. The maximum Gasteiger partial charge on any atom is 0.278 e. The van der Waals surface area contributed by atoms with Gasteiger partial charge in [-0.25, -0.2) is 0 Å². The van der Waals surface area contributed by atoms with Crippen molar-refractivity contribution in [3.05, 3.63) is 65.4 Å². The molecule has 0 spiro atoms. The van der Waals surface area contributed by atoms with Crippen LogP contribution in [-0.4, -0.2) is 28.9 Å². The summed E-state index contributed by atoms with van der Waals surface area (Å²) in [5.41, 5.74) is 3.38. The van der Waals surface area contributed by atoms with Crippen molar-refractivity contribution >= 4 is 23.1 Å². The third-order valence-corrected chi connectivity index (χ3v) is 4.78. The number of imide groups is 1. The Morgan fingerprint density at radius 1 is 0.897 bits per heavy atom. The fourth-order valence-electron chi connectivity index (χ4n) is 3.34. The molecule has 5 heteroatoms. The second kappa shape index (κ2) is 8.52. The Kier molecular flexibility index (Phi) is 6.06. The van der Waals surface area contributed by atoms with Crippen LogP contribution in [0.1, 0.15) is 45.7 Å². The topological polar surface area (TPSA) is 58.6 Å². The molecule has 1 aliphatic heterocycles. The van der Waals surface area contributed by atoms with E-state index in [9.17, 15) is 9.59 Å². The fourth-order valence-corrected chi connectivity index (χ4v) is 3.34. The summed E-state index contributed by atoms with van der Waals surface area (Å²) in [7, 11) is 0. The number of hydrogen-bond acceptors (Lipinski definition) is 4. The van der Waals surface area contributed by atoms with Gasteiger partial charge in [0.2, 0.25) is 0 Å². The molecule has 2 aromatic carbocycles. The number of aryl methyl sites for hydroxylation is 1. The highest BCUT2D eigenvalue weighted by molar-refractivity contribution is 6.36. The second-order valence-corrected chi connectivity index (χ2v) is 7.69. The van der Waals surface area contributed by atoms with Crippen LogP contribution in [-0.2, 0) is 16.0 Å². The number of nitrogens with one attached hydrogen (secondary N) is 1. The number of rotatable bonds is 7. The lowest BCUT2D eigenvalue weighted by Gasteiger charge is -2.19. The second-order valence-electron chi connectivity index (χ2n) is 7.69. The average molecular weight is 392 g/mol. The smallest absolute Gasteiger partial charge is 0.278 e. The van der Waals surface area contributed by atoms with Crippen LogP contribution in [0.4, 0.5) is 5.69 Å². The Morgan fingerprint density at radius 2 is 1.52 bits per heavy atom. The quantitative estimate of drug-likeness (QED) is 0.698. The van der Waals surface area contributed by atoms with Gasteiger partial charge in [-0.3, -0.25) is 14.5 Å². The van der Waals surface area contributed by atoms with Crippen molar-refractivity contribution in [3.8, 4) is 5.75 Å². The Hall–Kier alpha value is -3.08. The third kappa shape index (κ3) is 4.34. The number of carbonyl (C=O) groups excluding carboxylic acids is 2. The molecule has 0 saturated carbocycles. The standard InChI is InChI=1S/C24H28N2O3/c1-6-17-7-11-19(12-8-17)25-22-21(23(27)26(15(2)3)24(22)28)18-9-13-20(14-10-18)29-16(4)5/h7-16,25H,6H2,1-5H3. The molecular weight excluding hydrogens is 364 g/mol. The number of benzene rings is 2. The minimum atomic E-state index is -0.304. The molecular formula is C24H28N2O3. The normalized spacial score (nSPS) is 14.4. The van der Waals surface area contributed by atoms with E-state index in [-0.39, 0.29) is 24.0 Å². The lowest BCUT2D eigenvalue weighted by atomic mass is 10.0. The van der Waals surface area contributed by atoms with E-state index in [0.717, 1.165) is 17.9 Å². The molecule has 0 fully saturated rings. The highest BCUT2D eigenvalue weighted by atomic mass is 16.5. The number of nitrogens with zero attached hydrogens (tertiary/aromatic N) is 1. The van der Waals surface area contributed by atoms with Gasteiger partial charge in [0.1, 0.15) is 11.4 Å². The Balaban J connectivity index is 2.00. The first-order chi connectivity index (χ1) is 13.8. The van der Waals surface area contributed by atoms with E-state index in [1.165, 1.54) is 10.5 Å². The van der Waals surface area contributed by atoms with E-state index in [1.807, 2.05) is 76.2 Å². The summed E-state index contributed by atoms with van der Waals surface area (Å²) in [5.74, 6) is 0.142. The minimum absolute atomic E-state index is 0.0644. The van der Waals surface area contributed by atoms with Crippen LogP contribution >= 0.6 is 0 Å². The van der Waals surface area contributed by atoms with Crippen LogP contribution in [0.5, 0.6) is 5.75 Å². The first-order valence-corrected chi connectivity index (χ1v) is 10.1. The Labute approximate surface area is 172 Å². The number of ether oxygens (including phenoxy) is 1. The van der Waals surface area contributed by atoms with Crippen molar-refractivity contribution in [1.82, 2.24) is 4.90 Å². The van der Waals surface area contributed by atoms with Crippen molar-refractivity contribution in [1.29, 1.82) is 0 Å². The molecule has 1 aliphatic rings. The molecule has 0 atom stereocenters. The summed E-state index contributed by atoms with van der Waals surface area (Å²) in [6.07, 6.45) is 1.01. The molecule has 0 radical (unpaired) electrons. The SMILES string of the molecule is CCc1ccc(NC2=C(c3ccc(OC(C)C)cc3)C(=O)N(C(C)C)C2=O)cc1. The molecule has 2 amide bonds. The van der Waals surface area contributed by atoms with Crippen LogP contribution < -0.4 is 10.1 Å². The van der Waals surface area contributed by atoms with E-state index in [4.69, 9.17) is 4.74 Å². The lowest BCUT2D eigenvalue weighted by Crippen LogP contribution is -2.38. The maximum atomic E-state index is 13.1. The first kappa shape index (κ1) is 20.6. The van der Waals surface area contributed by atoms with Crippen LogP contribution in [0.3, 0.4) is 0 Å². The van der Waals surface area contributed by atoms with Gasteiger partial charge in [-0.05, 0) is 69.5 Å². The predicted octanol–water partition coefficient (Wildman–Crippen LogP) is 4.64. The number of carbonyl (C=O) groups is 2. The van der Waals surface area contributed by atoms with Crippen LogP contribution in [0.25, 0.3) is 5.57 Å². The Bertz CT molecular complexity index is 926. The summed E-state index contributed by atoms with van der Waals surface area (Å²) >= 11 is 0.